The summed E-state index contributed by atoms with van der Waals surface area (Å²) in [5.74, 6) is -0.652. The average Bonchev–Trinajstić information content (AvgIpc) is 2.26. The van der Waals surface area contributed by atoms with Gasteiger partial charge in [0.15, 0.2) is 0 Å². The summed E-state index contributed by atoms with van der Waals surface area (Å²) >= 11 is 3.25. The number of rotatable bonds is 4. The Kier molecular flexibility index (Phi) is 7.43. The Bertz CT molecular complexity index is 415. The zero-order chi connectivity index (χ0) is 13.0. The highest BCUT2D eigenvalue weighted by Crippen LogP contribution is 2.17. The molecular formula is C12H17BrClFN2O. The topological polar surface area (TPSA) is 55.1 Å². The van der Waals surface area contributed by atoms with Gasteiger partial charge in [-0.3, -0.25) is 4.79 Å². The molecule has 2 atom stereocenters. The lowest BCUT2D eigenvalue weighted by molar-refractivity contribution is -0.125. The lowest BCUT2D eigenvalue weighted by Gasteiger charge is -2.15. The largest absolute Gasteiger partial charge is 0.352 e. The van der Waals surface area contributed by atoms with Gasteiger partial charge >= 0.3 is 0 Å². The van der Waals surface area contributed by atoms with Gasteiger partial charge in [-0.2, -0.15) is 0 Å². The molecule has 1 aromatic carbocycles. The predicted molar refractivity (Wildman–Crippen MR) is 76.0 cm³/mol. The molecule has 0 aliphatic rings. The first-order valence-electron chi connectivity index (χ1n) is 5.39. The van der Waals surface area contributed by atoms with Crippen LogP contribution in [0.3, 0.4) is 0 Å². The van der Waals surface area contributed by atoms with Gasteiger partial charge in [-0.15, -0.1) is 12.4 Å². The fourth-order valence-electron chi connectivity index (χ4n) is 1.25. The second-order valence-corrected chi connectivity index (χ2v) is 4.96. The summed E-state index contributed by atoms with van der Waals surface area (Å²) in [6.07, 6.45) is 0. The molecule has 0 aliphatic heterocycles. The number of benzene rings is 1. The maximum atomic E-state index is 12.8. The van der Waals surface area contributed by atoms with Gasteiger partial charge in [0, 0.05) is 23.0 Å². The molecule has 1 amide bonds. The third-order valence-corrected chi connectivity index (χ3v) is 3.41. The van der Waals surface area contributed by atoms with Crippen LogP contribution in [0, 0.1) is 11.7 Å². The van der Waals surface area contributed by atoms with Crippen LogP contribution in [0.15, 0.2) is 22.7 Å². The lowest BCUT2D eigenvalue weighted by Crippen LogP contribution is -2.38. The molecule has 0 saturated heterocycles. The summed E-state index contributed by atoms with van der Waals surface area (Å²) in [7, 11) is 0. The van der Waals surface area contributed by atoms with Gasteiger partial charge in [0.25, 0.3) is 0 Å². The molecule has 0 aromatic heterocycles. The minimum absolute atomic E-state index is 0. The average molecular weight is 340 g/mol. The Balaban J connectivity index is 0.00000289. The molecule has 6 heteroatoms. The third kappa shape index (κ3) is 4.92. The Morgan fingerprint density at radius 2 is 2.11 bits per heavy atom. The highest BCUT2D eigenvalue weighted by Gasteiger charge is 2.16. The van der Waals surface area contributed by atoms with Crippen molar-refractivity contribution in [3.05, 3.63) is 34.1 Å². The summed E-state index contributed by atoms with van der Waals surface area (Å²) in [4.78, 5) is 11.7. The predicted octanol–water partition coefficient (Wildman–Crippen LogP) is 2.61. The van der Waals surface area contributed by atoms with Gasteiger partial charge in [0.2, 0.25) is 5.91 Å². The zero-order valence-corrected chi connectivity index (χ0v) is 12.6. The van der Waals surface area contributed by atoms with Gasteiger partial charge in [-0.05, 0) is 24.6 Å². The van der Waals surface area contributed by atoms with Crippen molar-refractivity contribution >= 4 is 34.2 Å². The first-order valence-corrected chi connectivity index (χ1v) is 6.18. The van der Waals surface area contributed by atoms with E-state index >= 15 is 0 Å². The van der Waals surface area contributed by atoms with E-state index < -0.39 is 0 Å². The van der Waals surface area contributed by atoms with Crippen LogP contribution in [-0.4, -0.2) is 11.9 Å². The summed E-state index contributed by atoms with van der Waals surface area (Å²) in [6, 6.07) is 4.18. The van der Waals surface area contributed by atoms with Crippen LogP contribution in [0.5, 0.6) is 0 Å². The van der Waals surface area contributed by atoms with E-state index in [0.717, 1.165) is 5.56 Å². The van der Waals surface area contributed by atoms with Crippen molar-refractivity contribution in [3.8, 4) is 0 Å². The number of nitrogens with two attached hydrogens (primary N) is 1. The third-order valence-electron chi connectivity index (χ3n) is 2.67. The second kappa shape index (κ2) is 7.71. The summed E-state index contributed by atoms with van der Waals surface area (Å²) in [5.41, 5.74) is 6.47. The van der Waals surface area contributed by atoms with Crippen LogP contribution in [0.1, 0.15) is 19.4 Å². The molecule has 0 heterocycles. The number of halogens is 3. The van der Waals surface area contributed by atoms with Crippen molar-refractivity contribution in [2.24, 2.45) is 11.7 Å². The quantitative estimate of drug-likeness (QED) is 0.886. The van der Waals surface area contributed by atoms with Crippen molar-refractivity contribution in [1.82, 2.24) is 5.32 Å². The second-order valence-electron chi connectivity index (χ2n) is 4.10. The maximum absolute atomic E-state index is 12.8. The van der Waals surface area contributed by atoms with Crippen molar-refractivity contribution < 1.29 is 9.18 Å². The molecule has 1 aromatic rings. The van der Waals surface area contributed by atoms with Crippen LogP contribution < -0.4 is 11.1 Å². The summed E-state index contributed by atoms with van der Waals surface area (Å²) in [6.45, 7) is 3.93. The highest BCUT2D eigenvalue weighted by molar-refractivity contribution is 9.10. The van der Waals surface area contributed by atoms with Gasteiger partial charge < -0.3 is 11.1 Å². The fourth-order valence-corrected chi connectivity index (χ4v) is 1.74. The lowest BCUT2D eigenvalue weighted by atomic mass is 10.0. The normalized spacial score (nSPS) is 13.4. The molecule has 0 aliphatic carbocycles. The SMILES string of the molecule is CC(N)C(C)C(=O)NCc1ccc(F)cc1Br.Cl. The molecule has 2 unspecified atom stereocenters. The Hall–Kier alpha value is -0.650. The Labute approximate surface area is 121 Å². The number of nitrogens with one attached hydrogen (secondary N) is 1. The Morgan fingerprint density at radius 1 is 1.50 bits per heavy atom. The van der Waals surface area contributed by atoms with Crippen LogP contribution >= 0.6 is 28.3 Å². The van der Waals surface area contributed by atoms with Gasteiger partial charge in [-0.25, -0.2) is 4.39 Å². The van der Waals surface area contributed by atoms with Crippen molar-refractivity contribution in [2.45, 2.75) is 26.4 Å². The minimum atomic E-state index is -0.309. The number of amides is 1. The first-order chi connectivity index (χ1) is 7.91. The van der Waals surface area contributed by atoms with Crippen molar-refractivity contribution in [1.29, 1.82) is 0 Å². The Morgan fingerprint density at radius 3 is 2.61 bits per heavy atom. The van der Waals surface area contributed by atoms with E-state index in [2.05, 4.69) is 21.2 Å². The number of carbonyl (C=O) groups excluding carboxylic acids is 1. The van der Waals surface area contributed by atoms with Crippen molar-refractivity contribution in [3.63, 3.8) is 0 Å². The molecule has 0 radical (unpaired) electrons. The molecule has 3 nitrogen and oxygen atoms in total. The van der Waals surface area contributed by atoms with Gasteiger partial charge in [0.05, 0.1) is 0 Å². The van der Waals surface area contributed by atoms with Gasteiger partial charge in [-0.1, -0.05) is 28.9 Å². The van der Waals surface area contributed by atoms with E-state index in [1.54, 1.807) is 19.9 Å². The van der Waals surface area contributed by atoms with Crippen LogP contribution in [0.2, 0.25) is 0 Å². The zero-order valence-electron chi connectivity index (χ0n) is 10.2. The molecule has 3 N–H and O–H groups in total. The highest BCUT2D eigenvalue weighted by atomic mass is 79.9. The maximum Gasteiger partial charge on any atom is 0.224 e. The molecule has 1 rings (SSSR count). The fraction of sp³-hybridized carbons (Fsp3) is 0.417. The van der Waals surface area contributed by atoms with E-state index in [1.807, 2.05) is 0 Å². The van der Waals surface area contributed by atoms with Crippen molar-refractivity contribution in [2.75, 3.05) is 0 Å². The number of hydrogen-bond donors (Lipinski definition) is 2. The monoisotopic (exact) mass is 338 g/mol. The molecule has 0 bridgehead atoms. The smallest absolute Gasteiger partial charge is 0.224 e. The first kappa shape index (κ1) is 17.4. The number of hydrogen-bond acceptors (Lipinski definition) is 2. The molecule has 102 valence electrons. The van der Waals surface area contributed by atoms with E-state index in [1.165, 1.54) is 12.1 Å². The van der Waals surface area contributed by atoms with Crippen LogP contribution in [0.25, 0.3) is 0 Å². The molecule has 0 saturated carbocycles. The summed E-state index contributed by atoms with van der Waals surface area (Å²) < 4.78 is 13.5. The molecule has 18 heavy (non-hydrogen) atoms. The van der Waals surface area contributed by atoms with Crippen LogP contribution in [0.4, 0.5) is 4.39 Å². The minimum Gasteiger partial charge on any atom is -0.352 e. The molecule has 0 spiro atoms. The van der Waals surface area contributed by atoms with E-state index in [4.69, 9.17) is 5.73 Å². The van der Waals surface area contributed by atoms with Gasteiger partial charge in [0.1, 0.15) is 5.82 Å². The van der Waals surface area contributed by atoms with Crippen LogP contribution in [-0.2, 0) is 11.3 Å². The number of carbonyl (C=O) groups is 1. The molecular weight excluding hydrogens is 322 g/mol. The van der Waals surface area contributed by atoms with E-state index in [9.17, 15) is 9.18 Å². The molecule has 0 fully saturated rings. The summed E-state index contributed by atoms with van der Waals surface area (Å²) in [5, 5.41) is 2.77. The standard InChI is InChI=1S/C12H16BrFN2O.ClH/c1-7(8(2)15)12(17)16-6-9-3-4-10(14)5-11(9)13;/h3-5,7-8H,6,15H2,1-2H3,(H,16,17);1H. The van der Waals surface area contributed by atoms with E-state index in [-0.39, 0.29) is 36.1 Å². The van der Waals surface area contributed by atoms with E-state index in [0.29, 0.717) is 11.0 Å².